The van der Waals surface area contributed by atoms with Crippen LogP contribution in [0.15, 0.2) is 78.9 Å². The lowest BCUT2D eigenvalue weighted by atomic mass is 9.71. The maximum atomic E-state index is 5.39. The van der Waals surface area contributed by atoms with Crippen molar-refractivity contribution in [1.82, 2.24) is 9.97 Å². The highest BCUT2D eigenvalue weighted by molar-refractivity contribution is 5.48. The standard InChI is InChI=1S/C38H46N2/c1-34(2,3)27-22-28-24-29(23-27)38(10,11)33-20-14-18-31(40-33)36(6,7)26-16-12-15-25(21-26)35(4,5)30-17-13-19-32(39-30)37(28,8)9/h12-24H,1-11H3. The van der Waals surface area contributed by atoms with Crippen molar-refractivity contribution in [3.63, 3.8) is 0 Å². The fourth-order valence-corrected chi connectivity index (χ4v) is 5.93. The minimum atomic E-state index is -0.283. The van der Waals surface area contributed by atoms with Gasteiger partial charge in [-0.3, -0.25) is 9.97 Å². The molecular formula is C38H46N2. The highest BCUT2D eigenvalue weighted by Crippen LogP contribution is 2.42. The van der Waals surface area contributed by atoms with Crippen molar-refractivity contribution in [2.24, 2.45) is 0 Å². The van der Waals surface area contributed by atoms with Crippen molar-refractivity contribution in [1.29, 1.82) is 0 Å². The molecule has 0 fully saturated rings. The average Bonchev–Trinajstić information content (AvgIpc) is 2.92. The van der Waals surface area contributed by atoms with Crippen LogP contribution in [0.5, 0.6) is 0 Å². The molecule has 2 heteroatoms. The van der Waals surface area contributed by atoms with Crippen molar-refractivity contribution in [3.05, 3.63) is 129 Å². The van der Waals surface area contributed by atoms with Crippen molar-refractivity contribution in [2.45, 2.75) is 103 Å². The third-order valence-corrected chi connectivity index (χ3v) is 9.61. The molecule has 0 saturated carbocycles. The van der Waals surface area contributed by atoms with E-state index in [1.54, 1.807) is 0 Å². The molecule has 5 rings (SSSR count). The summed E-state index contributed by atoms with van der Waals surface area (Å²) in [5, 5.41) is 0. The van der Waals surface area contributed by atoms with Crippen LogP contribution in [-0.4, -0.2) is 9.97 Å². The summed E-state index contributed by atoms with van der Waals surface area (Å²) in [7, 11) is 0. The van der Waals surface area contributed by atoms with Crippen LogP contribution in [0.1, 0.15) is 127 Å². The predicted molar refractivity (Wildman–Crippen MR) is 169 cm³/mol. The Balaban J connectivity index is 1.88. The molecule has 0 unspecified atom stereocenters. The number of aromatic nitrogens is 2. The smallest absolute Gasteiger partial charge is 0.0507 e. The molecular weight excluding hydrogens is 484 g/mol. The second kappa shape index (κ2) is 9.13. The van der Waals surface area contributed by atoms with Crippen LogP contribution in [0.2, 0.25) is 0 Å². The number of hydrogen-bond donors (Lipinski definition) is 0. The van der Waals surface area contributed by atoms with Crippen molar-refractivity contribution in [2.75, 3.05) is 0 Å². The van der Waals surface area contributed by atoms with Crippen LogP contribution in [0.3, 0.4) is 0 Å². The van der Waals surface area contributed by atoms with E-state index < -0.39 is 0 Å². The zero-order chi connectivity index (χ0) is 29.3. The van der Waals surface area contributed by atoms with E-state index in [1.807, 2.05) is 0 Å². The van der Waals surface area contributed by atoms with Crippen LogP contribution in [0.25, 0.3) is 0 Å². The molecule has 0 saturated heterocycles. The number of pyridine rings is 2. The number of benzene rings is 2. The van der Waals surface area contributed by atoms with Gasteiger partial charge in [0.15, 0.2) is 0 Å². The molecule has 40 heavy (non-hydrogen) atoms. The lowest BCUT2D eigenvalue weighted by molar-refractivity contribution is 0.546. The van der Waals surface area contributed by atoms with Gasteiger partial charge < -0.3 is 0 Å². The monoisotopic (exact) mass is 530 g/mol. The summed E-state index contributed by atoms with van der Waals surface area (Å²) in [4.78, 5) is 10.8. The minimum absolute atomic E-state index is 0.00895. The number of hydrogen-bond acceptors (Lipinski definition) is 2. The van der Waals surface area contributed by atoms with E-state index in [0.29, 0.717) is 0 Å². The number of fused-ring (bicyclic) bond motifs is 8. The van der Waals surface area contributed by atoms with Crippen LogP contribution in [0.4, 0.5) is 0 Å². The Labute approximate surface area is 242 Å². The summed E-state index contributed by atoms with van der Waals surface area (Å²) in [5.74, 6) is 0. The highest BCUT2D eigenvalue weighted by atomic mass is 14.8. The Bertz CT molecular complexity index is 1470. The zero-order valence-electron chi connectivity index (χ0n) is 26.4. The Kier molecular flexibility index (Phi) is 6.45. The molecule has 1 aliphatic heterocycles. The van der Waals surface area contributed by atoms with Gasteiger partial charge in [0, 0.05) is 21.7 Å². The maximum absolute atomic E-state index is 5.39. The molecule has 208 valence electrons. The van der Waals surface area contributed by atoms with Crippen molar-refractivity contribution < 1.29 is 0 Å². The van der Waals surface area contributed by atoms with Crippen molar-refractivity contribution in [3.8, 4) is 0 Å². The Hall–Kier alpha value is -3.26. The van der Waals surface area contributed by atoms with Gasteiger partial charge in [-0.15, -0.1) is 0 Å². The molecule has 0 radical (unpaired) electrons. The van der Waals surface area contributed by atoms with Gasteiger partial charge in [0.05, 0.1) is 22.8 Å². The van der Waals surface area contributed by atoms with Gasteiger partial charge in [-0.1, -0.05) is 131 Å². The molecule has 1 aliphatic rings. The Morgan fingerprint density at radius 3 is 1.07 bits per heavy atom. The maximum Gasteiger partial charge on any atom is 0.0507 e. The zero-order valence-corrected chi connectivity index (χ0v) is 26.4. The Morgan fingerprint density at radius 2 is 0.725 bits per heavy atom. The SMILES string of the molecule is CC(C)(C)c1cc2cc(c1)C(C)(C)c1cccc(n1)C(C)(C)c1cccc(c1)C(C)(C)c1cccc(n1)C2(C)C. The second-order valence-electron chi connectivity index (χ2n) is 14.9. The summed E-state index contributed by atoms with van der Waals surface area (Å²) in [5.41, 5.74) is 9.74. The summed E-state index contributed by atoms with van der Waals surface area (Å²) < 4.78 is 0. The largest absolute Gasteiger partial charge is 0.256 e. The molecule has 2 nitrogen and oxygen atoms in total. The highest BCUT2D eigenvalue weighted by Gasteiger charge is 2.35. The minimum Gasteiger partial charge on any atom is -0.256 e. The van der Waals surface area contributed by atoms with E-state index in [1.165, 1.54) is 27.8 Å². The lowest BCUT2D eigenvalue weighted by Gasteiger charge is -2.35. The fraction of sp³-hybridized carbons (Fsp3) is 0.421. The summed E-state index contributed by atoms with van der Waals surface area (Å²) >= 11 is 0. The van der Waals surface area contributed by atoms with Gasteiger partial charge in [-0.05, 0) is 57.5 Å². The molecule has 4 aromatic rings. The molecule has 2 aromatic heterocycles. The molecule has 2 aromatic carbocycles. The van der Waals surface area contributed by atoms with Gasteiger partial charge in [0.1, 0.15) is 0 Å². The van der Waals surface area contributed by atoms with Gasteiger partial charge in [0.2, 0.25) is 0 Å². The first kappa shape index (κ1) is 28.3. The van der Waals surface area contributed by atoms with Crippen LogP contribution in [-0.2, 0) is 27.1 Å². The summed E-state index contributed by atoms with van der Waals surface area (Å²) in [6.45, 7) is 25.3. The normalized spacial score (nSPS) is 18.7. The summed E-state index contributed by atoms with van der Waals surface area (Å²) in [6.07, 6.45) is 0. The molecule has 0 amide bonds. The first-order valence-electron chi connectivity index (χ1n) is 14.7. The third kappa shape index (κ3) is 4.60. The first-order chi connectivity index (χ1) is 18.4. The van der Waals surface area contributed by atoms with E-state index in [4.69, 9.17) is 9.97 Å². The average molecular weight is 531 g/mol. The first-order valence-corrected chi connectivity index (χ1v) is 14.7. The number of rotatable bonds is 0. The van der Waals surface area contributed by atoms with Crippen LogP contribution < -0.4 is 0 Å². The molecule has 3 heterocycles. The van der Waals surface area contributed by atoms with Crippen LogP contribution >= 0.6 is 0 Å². The van der Waals surface area contributed by atoms with E-state index in [9.17, 15) is 0 Å². The quantitative estimate of drug-likeness (QED) is 0.226. The topological polar surface area (TPSA) is 25.8 Å². The van der Waals surface area contributed by atoms with E-state index in [0.717, 1.165) is 22.8 Å². The van der Waals surface area contributed by atoms with Gasteiger partial charge in [0.25, 0.3) is 0 Å². The molecule has 8 bridgehead atoms. The summed E-state index contributed by atoms with van der Waals surface area (Å²) in [6, 6.07) is 29.4. The third-order valence-electron chi connectivity index (χ3n) is 9.61. The molecule has 0 spiro atoms. The van der Waals surface area contributed by atoms with Gasteiger partial charge in [-0.2, -0.15) is 0 Å². The van der Waals surface area contributed by atoms with E-state index in [2.05, 4.69) is 155 Å². The molecule has 0 N–H and O–H groups in total. The van der Waals surface area contributed by atoms with E-state index in [-0.39, 0.29) is 27.1 Å². The van der Waals surface area contributed by atoms with Gasteiger partial charge >= 0.3 is 0 Å². The van der Waals surface area contributed by atoms with Crippen molar-refractivity contribution >= 4 is 0 Å². The van der Waals surface area contributed by atoms with E-state index >= 15 is 0 Å². The fourth-order valence-electron chi connectivity index (χ4n) is 5.93. The predicted octanol–water partition coefficient (Wildman–Crippen LogP) is 9.39. The van der Waals surface area contributed by atoms with Crippen LogP contribution in [0, 0.1) is 0 Å². The molecule has 0 atom stereocenters. The Morgan fingerprint density at radius 1 is 0.425 bits per heavy atom. The lowest BCUT2D eigenvalue weighted by Crippen LogP contribution is -2.30. The number of nitrogens with zero attached hydrogens (tertiary/aromatic N) is 2. The molecule has 0 aliphatic carbocycles. The second-order valence-corrected chi connectivity index (χ2v) is 14.9. The van der Waals surface area contributed by atoms with Gasteiger partial charge in [-0.25, -0.2) is 0 Å².